The second-order valence-electron chi connectivity index (χ2n) is 7.21. The number of hydrogen-bond donors (Lipinski definition) is 1. The zero-order valence-corrected chi connectivity index (χ0v) is 16.7. The van der Waals surface area contributed by atoms with Crippen molar-refractivity contribution >= 4 is 6.29 Å². The minimum atomic E-state index is 0.659. The zero-order valence-electron chi connectivity index (χ0n) is 16.7. The third kappa shape index (κ3) is 5.23. The predicted molar refractivity (Wildman–Crippen MR) is 109 cm³/mol. The highest BCUT2D eigenvalue weighted by molar-refractivity contribution is 5.83. The van der Waals surface area contributed by atoms with Crippen molar-refractivity contribution in [3.05, 3.63) is 41.2 Å². The summed E-state index contributed by atoms with van der Waals surface area (Å²) in [5.41, 5.74) is 4.91. The summed E-state index contributed by atoms with van der Waals surface area (Å²) in [5.74, 6) is 1.79. The number of carbonyl (C=O) groups excluding carboxylic acids is 1. The van der Waals surface area contributed by atoms with Gasteiger partial charge in [0.1, 0.15) is 5.75 Å². The Kier molecular flexibility index (Phi) is 7.96. The first-order chi connectivity index (χ1) is 12.6. The molecule has 0 radical (unpaired) electrons. The maximum atomic E-state index is 11.1. The first-order valence-electron chi connectivity index (χ1n) is 9.98. The standard InChI is InChI=1S/C23H33NO2/c1-5-9-19(6-2)10-7-8-15-26-21-13-11-20(12-14-21)23-17(3)22(16-25)24-18(23)4/h11-14,16,19,24H,5-10,15H2,1-4H3. The van der Waals surface area contributed by atoms with E-state index in [4.69, 9.17) is 4.74 Å². The summed E-state index contributed by atoms with van der Waals surface area (Å²) < 4.78 is 5.90. The summed E-state index contributed by atoms with van der Waals surface area (Å²) >= 11 is 0. The lowest BCUT2D eigenvalue weighted by molar-refractivity contribution is 0.111. The molecular weight excluding hydrogens is 322 g/mol. The molecule has 2 aromatic rings. The van der Waals surface area contributed by atoms with Crippen molar-refractivity contribution in [3.8, 4) is 16.9 Å². The van der Waals surface area contributed by atoms with Gasteiger partial charge in [-0.15, -0.1) is 0 Å². The first kappa shape index (κ1) is 20.3. The minimum absolute atomic E-state index is 0.659. The largest absolute Gasteiger partial charge is 0.494 e. The maximum Gasteiger partial charge on any atom is 0.166 e. The summed E-state index contributed by atoms with van der Waals surface area (Å²) in [4.78, 5) is 14.2. The molecule has 0 saturated carbocycles. The van der Waals surface area contributed by atoms with Crippen molar-refractivity contribution in [3.63, 3.8) is 0 Å². The lowest BCUT2D eigenvalue weighted by Crippen LogP contribution is -2.01. The number of benzene rings is 1. The molecule has 3 nitrogen and oxygen atoms in total. The maximum absolute atomic E-state index is 11.1. The van der Waals surface area contributed by atoms with Crippen LogP contribution in [0.4, 0.5) is 0 Å². The molecule has 1 aromatic carbocycles. The fourth-order valence-corrected chi connectivity index (χ4v) is 3.73. The molecule has 0 amide bonds. The van der Waals surface area contributed by atoms with Crippen LogP contribution >= 0.6 is 0 Å². The van der Waals surface area contributed by atoms with Crippen molar-refractivity contribution in [2.45, 2.75) is 66.2 Å². The predicted octanol–water partition coefficient (Wildman–Crippen LogP) is 6.49. The van der Waals surface area contributed by atoms with Gasteiger partial charge in [0, 0.05) is 11.3 Å². The van der Waals surface area contributed by atoms with Crippen LogP contribution in [0.2, 0.25) is 0 Å². The molecule has 142 valence electrons. The molecule has 1 N–H and O–H groups in total. The number of unbranched alkanes of at least 4 members (excludes halogenated alkanes) is 1. The van der Waals surface area contributed by atoms with Crippen LogP contribution in [-0.2, 0) is 0 Å². The van der Waals surface area contributed by atoms with E-state index in [-0.39, 0.29) is 0 Å². The Morgan fingerprint density at radius 1 is 1.08 bits per heavy atom. The van der Waals surface area contributed by atoms with Crippen LogP contribution in [0.25, 0.3) is 11.1 Å². The molecule has 1 atom stereocenters. The van der Waals surface area contributed by atoms with Crippen molar-refractivity contribution in [2.24, 2.45) is 5.92 Å². The number of hydrogen-bond acceptors (Lipinski definition) is 2. The highest BCUT2D eigenvalue weighted by atomic mass is 16.5. The zero-order chi connectivity index (χ0) is 18.9. The SMILES string of the molecule is CCCC(CC)CCCCOc1ccc(-c2c(C)[nH]c(C=O)c2C)cc1. The van der Waals surface area contributed by atoms with Gasteiger partial charge in [0.25, 0.3) is 0 Å². The van der Waals surface area contributed by atoms with Crippen LogP contribution in [0, 0.1) is 19.8 Å². The van der Waals surface area contributed by atoms with Crippen molar-refractivity contribution < 1.29 is 9.53 Å². The van der Waals surface area contributed by atoms with Gasteiger partial charge in [0.05, 0.1) is 12.3 Å². The molecule has 0 bridgehead atoms. The average Bonchev–Trinajstić information content (AvgIpc) is 2.94. The average molecular weight is 356 g/mol. The van der Waals surface area contributed by atoms with E-state index in [2.05, 4.69) is 31.0 Å². The molecule has 26 heavy (non-hydrogen) atoms. The van der Waals surface area contributed by atoms with E-state index in [0.717, 1.165) is 53.4 Å². The summed E-state index contributed by atoms with van der Waals surface area (Å²) in [7, 11) is 0. The van der Waals surface area contributed by atoms with Crippen LogP contribution < -0.4 is 4.74 Å². The molecule has 2 rings (SSSR count). The van der Waals surface area contributed by atoms with E-state index in [1.54, 1.807) is 0 Å². The van der Waals surface area contributed by atoms with Gasteiger partial charge in [-0.25, -0.2) is 0 Å². The number of ether oxygens (including phenoxy) is 1. The number of H-pyrrole nitrogens is 1. The molecule has 1 unspecified atom stereocenters. The molecule has 0 aliphatic carbocycles. The Morgan fingerprint density at radius 2 is 1.81 bits per heavy atom. The summed E-state index contributed by atoms with van der Waals surface area (Å²) in [6, 6.07) is 8.18. The van der Waals surface area contributed by atoms with Crippen molar-refractivity contribution in [1.29, 1.82) is 0 Å². The van der Waals surface area contributed by atoms with Crippen molar-refractivity contribution in [1.82, 2.24) is 4.98 Å². The molecule has 1 aromatic heterocycles. The number of nitrogens with one attached hydrogen (secondary N) is 1. The summed E-state index contributed by atoms with van der Waals surface area (Å²) in [6.07, 6.45) is 8.48. The van der Waals surface area contributed by atoms with Gasteiger partial charge in [-0.3, -0.25) is 4.79 Å². The molecule has 0 spiro atoms. The molecule has 0 aliphatic heterocycles. The molecule has 3 heteroatoms. The fourth-order valence-electron chi connectivity index (χ4n) is 3.73. The topological polar surface area (TPSA) is 42.1 Å². The van der Waals surface area contributed by atoms with E-state index in [9.17, 15) is 4.79 Å². The van der Waals surface area contributed by atoms with E-state index in [1.165, 1.54) is 32.1 Å². The Bertz CT molecular complexity index is 685. The Hall–Kier alpha value is -2.03. The number of aryl methyl sites for hydroxylation is 1. The van der Waals surface area contributed by atoms with E-state index >= 15 is 0 Å². The van der Waals surface area contributed by atoms with Gasteiger partial charge in [0.2, 0.25) is 0 Å². The third-order valence-electron chi connectivity index (χ3n) is 5.29. The van der Waals surface area contributed by atoms with Crippen molar-refractivity contribution in [2.75, 3.05) is 6.61 Å². The second-order valence-corrected chi connectivity index (χ2v) is 7.21. The van der Waals surface area contributed by atoms with Gasteiger partial charge in [0.15, 0.2) is 6.29 Å². The normalized spacial score (nSPS) is 12.2. The van der Waals surface area contributed by atoms with Crippen LogP contribution in [0.1, 0.15) is 74.1 Å². The summed E-state index contributed by atoms with van der Waals surface area (Å²) in [6.45, 7) is 9.33. The van der Waals surface area contributed by atoms with Gasteiger partial charge in [-0.1, -0.05) is 51.7 Å². The summed E-state index contributed by atoms with van der Waals surface area (Å²) in [5, 5.41) is 0. The quantitative estimate of drug-likeness (QED) is 0.370. The monoisotopic (exact) mass is 355 g/mol. The number of carbonyl (C=O) groups is 1. The lowest BCUT2D eigenvalue weighted by atomic mass is 9.95. The van der Waals surface area contributed by atoms with Crippen LogP contribution in [0.15, 0.2) is 24.3 Å². The number of aldehydes is 1. The molecule has 0 fully saturated rings. The molecule has 0 aliphatic rings. The van der Waals surface area contributed by atoms with Crippen LogP contribution in [0.3, 0.4) is 0 Å². The van der Waals surface area contributed by atoms with Gasteiger partial charge in [-0.05, 0) is 55.9 Å². The fraction of sp³-hybridized carbons (Fsp3) is 0.522. The van der Waals surface area contributed by atoms with Gasteiger partial charge in [-0.2, -0.15) is 0 Å². The number of rotatable bonds is 11. The van der Waals surface area contributed by atoms with E-state index < -0.39 is 0 Å². The van der Waals surface area contributed by atoms with E-state index in [0.29, 0.717) is 5.69 Å². The second kappa shape index (κ2) is 10.2. The highest BCUT2D eigenvalue weighted by Crippen LogP contribution is 2.30. The minimum Gasteiger partial charge on any atom is -0.494 e. The molecular formula is C23H33NO2. The van der Waals surface area contributed by atoms with Gasteiger partial charge < -0.3 is 9.72 Å². The highest BCUT2D eigenvalue weighted by Gasteiger charge is 2.12. The third-order valence-corrected chi connectivity index (χ3v) is 5.29. The lowest BCUT2D eigenvalue weighted by Gasteiger charge is -2.13. The first-order valence-corrected chi connectivity index (χ1v) is 9.98. The Balaban J connectivity index is 1.85. The van der Waals surface area contributed by atoms with E-state index in [1.807, 2.05) is 26.0 Å². The number of aromatic nitrogens is 1. The van der Waals surface area contributed by atoms with Gasteiger partial charge >= 0.3 is 0 Å². The molecule has 1 heterocycles. The van der Waals surface area contributed by atoms with Crippen LogP contribution in [-0.4, -0.2) is 17.9 Å². The molecule has 0 saturated heterocycles. The Morgan fingerprint density at radius 3 is 2.38 bits per heavy atom. The Labute approximate surface area is 158 Å². The van der Waals surface area contributed by atoms with Crippen LogP contribution in [0.5, 0.6) is 5.75 Å². The smallest absolute Gasteiger partial charge is 0.166 e. The number of aromatic amines is 1.